The Bertz CT molecular complexity index is 383. The molecule has 0 aliphatic carbocycles. The molecule has 3 N–H and O–H groups in total. The fourth-order valence-corrected chi connectivity index (χ4v) is 2.62. The van der Waals surface area contributed by atoms with Gasteiger partial charge in [-0.2, -0.15) is 0 Å². The van der Waals surface area contributed by atoms with Gasteiger partial charge in [-0.05, 0) is 30.9 Å². The Kier molecular flexibility index (Phi) is 4.50. The topological polar surface area (TPSA) is 47.3 Å². The van der Waals surface area contributed by atoms with Crippen molar-refractivity contribution in [3.05, 3.63) is 34.1 Å². The van der Waals surface area contributed by atoms with E-state index in [1.165, 1.54) is 6.07 Å². The van der Waals surface area contributed by atoms with Gasteiger partial charge in [-0.1, -0.05) is 22.0 Å². The Morgan fingerprint density at radius 3 is 2.71 bits per heavy atom. The van der Waals surface area contributed by atoms with Crippen LogP contribution in [0.15, 0.2) is 22.7 Å². The number of benzene rings is 1. The highest BCUT2D eigenvalue weighted by Crippen LogP contribution is 2.31. The van der Waals surface area contributed by atoms with Crippen molar-refractivity contribution >= 4 is 15.9 Å². The minimum Gasteiger partial charge on any atom is -0.381 e. The van der Waals surface area contributed by atoms with Crippen molar-refractivity contribution in [3.8, 4) is 0 Å². The highest BCUT2D eigenvalue weighted by molar-refractivity contribution is 9.10. The summed E-state index contributed by atoms with van der Waals surface area (Å²) in [5.74, 6) is 5.67. The number of ether oxygens (including phenoxy) is 1. The van der Waals surface area contributed by atoms with Gasteiger partial charge in [0.25, 0.3) is 0 Å². The average molecular weight is 303 g/mol. The van der Waals surface area contributed by atoms with E-state index in [2.05, 4.69) is 21.4 Å². The van der Waals surface area contributed by atoms with Crippen molar-refractivity contribution in [2.75, 3.05) is 13.2 Å². The quantitative estimate of drug-likeness (QED) is 0.666. The molecule has 0 spiro atoms. The predicted octanol–water partition coefficient (Wildman–Crippen LogP) is 2.52. The third-order valence-electron chi connectivity index (χ3n) is 3.21. The summed E-state index contributed by atoms with van der Waals surface area (Å²) < 4.78 is 19.9. The van der Waals surface area contributed by atoms with Crippen LogP contribution in [0, 0.1) is 11.7 Å². The normalized spacial score (nSPS) is 19.2. The van der Waals surface area contributed by atoms with E-state index in [-0.39, 0.29) is 11.9 Å². The van der Waals surface area contributed by atoms with Crippen LogP contribution in [-0.4, -0.2) is 13.2 Å². The lowest BCUT2D eigenvalue weighted by Crippen LogP contribution is -2.36. The van der Waals surface area contributed by atoms with Crippen molar-refractivity contribution in [2.24, 2.45) is 11.8 Å². The van der Waals surface area contributed by atoms with Crippen LogP contribution in [0.25, 0.3) is 0 Å². The molecule has 1 aliphatic rings. The molecule has 94 valence electrons. The number of nitrogens with two attached hydrogens (primary N) is 1. The lowest BCUT2D eigenvalue weighted by Gasteiger charge is -2.30. The first kappa shape index (κ1) is 13.0. The van der Waals surface area contributed by atoms with Crippen LogP contribution >= 0.6 is 15.9 Å². The second kappa shape index (κ2) is 5.91. The summed E-state index contributed by atoms with van der Waals surface area (Å²) in [6.07, 6.45) is 1.81. The summed E-state index contributed by atoms with van der Waals surface area (Å²) in [6, 6.07) is 4.94. The third-order valence-corrected chi connectivity index (χ3v) is 3.71. The van der Waals surface area contributed by atoms with Gasteiger partial charge in [0.15, 0.2) is 0 Å². The molecule has 2 rings (SSSR count). The Balaban J connectivity index is 2.21. The van der Waals surface area contributed by atoms with Gasteiger partial charge < -0.3 is 4.74 Å². The number of halogens is 2. The highest BCUT2D eigenvalue weighted by Gasteiger charge is 2.26. The first-order chi connectivity index (χ1) is 8.22. The third kappa shape index (κ3) is 3.04. The molecular formula is C12H16BrFN2O. The molecule has 17 heavy (non-hydrogen) atoms. The minimum atomic E-state index is -0.228. The molecule has 1 unspecified atom stereocenters. The lowest BCUT2D eigenvalue weighted by molar-refractivity contribution is 0.0531. The predicted molar refractivity (Wildman–Crippen MR) is 67.7 cm³/mol. The molecule has 1 aromatic rings. The highest BCUT2D eigenvalue weighted by atomic mass is 79.9. The number of rotatable bonds is 3. The molecular weight excluding hydrogens is 287 g/mol. The maximum absolute atomic E-state index is 13.9. The second-order valence-electron chi connectivity index (χ2n) is 4.26. The van der Waals surface area contributed by atoms with Crippen LogP contribution in [-0.2, 0) is 4.74 Å². The first-order valence-corrected chi connectivity index (χ1v) is 6.50. The summed E-state index contributed by atoms with van der Waals surface area (Å²) in [5, 5.41) is 0. The Morgan fingerprint density at radius 1 is 1.41 bits per heavy atom. The van der Waals surface area contributed by atoms with Gasteiger partial charge in [-0.25, -0.2) is 4.39 Å². The molecule has 0 aromatic heterocycles. The fourth-order valence-electron chi connectivity index (χ4n) is 2.28. The Morgan fingerprint density at radius 2 is 2.12 bits per heavy atom. The van der Waals surface area contributed by atoms with E-state index in [1.54, 1.807) is 6.07 Å². The monoisotopic (exact) mass is 302 g/mol. The van der Waals surface area contributed by atoms with Gasteiger partial charge in [0.05, 0.1) is 6.04 Å². The molecule has 0 saturated carbocycles. The van der Waals surface area contributed by atoms with E-state index in [4.69, 9.17) is 10.6 Å². The molecule has 1 fully saturated rings. The zero-order chi connectivity index (χ0) is 12.3. The molecule has 0 amide bonds. The molecule has 0 radical (unpaired) electrons. The summed E-state index contributed by atoms with van der Waals surface area (Å²) in [4.78, 5) is 0. The maximum Gasteiger partial charge on any atom is 0.129 e. The van der Waals surface area contributed by atoms with Gasteiger partial charge in [0, 0.05) is 23.2 Å². The second-order valence-corrected chi connectivity index (χ2v) is 5.18. The number of hydrazine groups is 1. The molecule has 1 atom stereocenters. The van der Waals surface area contributed by atoms with E-state index in [9.17, 15) is 4.39 Å². The van der Waals surface area contributed by atoms with Gasteiger partial charge in [-0.15, -0.1) is 0 Å². The average Bonchev–Trinajstić information content (AvgIpc) is 2.34. The van der Waals surface area contributed by atoms with E-state index < -0.39 is 0 Å². The molecule has 5 heteroatoms. The van der Waals surface area contributed by atoms with Crippen molar-refractivity contribution in [1.29, 1.82) is 0 Å². The fraction of sp³-hybridized carbons (Fsp3) is 0.500. The standard InChI is InChI=1S/C12H16BrFN2O/c13-9-1-2-10(11(14)7-9)12(16-15)8-3-5-17-6-4-8/h1-2,7-8,12,16H,3-6,15H2. The SMILES string of the molecule is NNC(c1ccc(Br)cc1F)C1CCOCC1. The molecule has 3 nitrogen and oxygen atoms in total. The maximum atomic E-state index is 13.9. The van der Waals surface area contributed by atoms with Gasteiger partial charge in [0.2, 0.25) is 0 Å². The smallest absolute Gasteiger partial charge is 0.129 e. The summed E-state index contributed by atoms with van der Waals surface area (Å²) in [7, 11) is 0. The van der Waals surface area contributed by atoms with Crippen LogP contribution in [0.1, 0.15) is 24.4 Å². The van der Waals surface area contributed by atoms with Gasteiger partial charge in [0.1, 0.15) is 5.82 Å². The summed E-state index contributed by atoms with van der Waals surface area (Å²) in [5.41, 5.74) is 3.36. The number of hydrogen-bond acceptors (Lipinski definition) is 3. The lowest BCUT2D eigenvalue weighted by atomic mass is 9.87. The largest absolute Gasteiger partial charge is 0.381 e. The van der Waals surface area contributed by atoms with E-state index in [0.717, 1.165) is 30.5 Å². The molecule has 1 aliphatic heterocycles. The van der Waals surface area contributed by atoms with Crippen LogP contribution in [0.4, 0.5) is 4.39 Å². The minimum absolute atomic E-state index is 0.146. The van der Waals surface area contributed by atoms with E-state index >= 15 is 0 Å². The van der Waals surface area contributed by atoms with E-state index in [0.29, 0.717) is 11.5 Å². The molecule has 1 heterocycles. The summed E-state index contributed by atoms with van der Waals surface area (Å²) >= 11 is 3.25. The molecule has 1 saturated heterocycles. The van der Waals surface area contributed by atoms with Crippen LogP contribution in [0.5, 0.6) is 0 Å². The number of hydrogen-bond donors (Lipinski definition) is 2. The first-order valence-electron chi connectivity index (χ1n) is 5.71. The van der Waals surface area contributed by atoms with Gasteiger partial charge in [-0.3, -0.25) is 11.3 Å². The summed E-state index contributed by atoms with van der Waals surface area (Å²) in [6.45, 7) is 1.45. The zero-order valence-electron chi connectivity index (χ0n) is 9.46. The van der Waals surface area contributed by atoms with Crippen LogP contribution in [0.2, 0.25) is 0 Å². The van der Waals surface area contributed by atoms with E-state index in [1.807, 2.05) is 6.07 Å². The molecule has 1 aromatic carbocycles. The van der Waals surface area contributed by atoms with Crippen molar-refractivity contribution in [3.63, 3.8) is 0 Å². The van der Waals surface area contributed by atoms with Crippen LogP contribution < -0.4 is 11.3 Å². The van der Waals surface area contributed by atoms with Crippen LogP contribution in [0.3, 0.4) is 0 Å². The van der Waals surface area contributed by atoms with Crippen molar-refractivity contribution in [2.45, 2.75) is 18.9 Å². The van der Waals surface area contributed by atoms with Gasteiger partial charge >= 0.3 is 0 Å². The molecule has 0 bridgehead atoms. The van der Waals surface area contributed by atoms with Crippen molar-refractivity contribution < 1.29 is 9.13 Å². The number of nitrogens with one attached hydrogen (secondary N) is 1. The Labute approximate surface area is 109 Å². The zero-order valence-corrected chi connectivity index (χ0v) is 11.0. The Hall–Kier alpha value is -0.490. The van der Waals surface area contributed by atoms with Crippen molar-refractivity contribution in [1.82, 2.24) is 5.43 Å².